The van der Waals surface area contributed by atoms with Gasteiger partial charge in [0, 0.05) is 13.7 Å². The van der Waals surface area contributed by atoms with E-state index in [4.69, 9.17) is 15.0 Å². The van der Waals surface area contributed by atoms with Gasteiger partial charge in [-0.3, -0.25) is 0 Å². The maximum Gasteiger partial charge on any atom is 0.255 e. The molecule has 2 atom stereocenters. The van der Waals surface area contributed by atoms with Crippen molar-refractivity contribution in [2.45, 2.75) is 19.1 Å². The van der Waals surface area contributed by atoms with Gasteiger partial charge in [-0.05, 0) is 21.0 Å². The molecule has 0 spiro atoms. The Kier molecular flexibility index (Phi) is 4.19. The Bertz CT molecular complexity index is 300. The third kappa shape index (κ3) is 3.26. The predicted octanol–water partition coefficient (Wildman–Crippen LogP) is 0.338. The first-order chi connectivity index (χ1) is 7.04. The highest BCUT2D eigenvalue weighted by molar-refractivity contribution is 4.95. The van der Waals surface area contributed by atoms with Crippen molar-refractivity contribution in [3.8, 4) is 0 Å². The summed E-state index contributed by atoms with van der Waals surface area (Å²) in [6.07, 6.45) is -0.196. The van der Waals surface area contributed by atoms with Crippen LogP contribution < -0.4 is 5.73 Å². The molecule has 1 aromatic heterocycles. The van der Waals surface area contributed by atoms with Crippen molar-refractivity contribution in [3.63, 3.8) is 0 Å². The van der Waals surface area contributed by atoms with Gasteiger partial charge in [-0.1, -0.05) is 5.16 Å². The maximum atomic E-state index is 5.88. The molecule has 1 heterocycles. The van der Waals surface area contributed by atoms with Crippen molar-refractivity contribution in [3.05, 3.63) is 11.7 Å². The summed E-state index contributed by atoms with van der Waals surface area (Å²) in [5.74, 6) is 0.976. The van der Waals surface area contributed by atoms with Gasteiger partial charge in [0.1, 0.15) is 6.10 Å². The van der Waals surface area contributed by atoms with E-state index in [2.05, 4.69) is 10.1 Å². The summed E-state index contributed by atoms with van der Waals surface area (Å²) in [5, 5.41) is 3.82. The monoisotopic (exact) mass is 214 g/mol. The maximum absolute atomic E-state index is 5.88. The minimum atomic E-state index is -0.235. The molecule has 0 radical (unpaired) electrons. The molecule has 86 valence electrons. The molecule has 2 N–H and O–H groups in total. The third-order valence-corrected chi connectivity index (χ3v) is 2.05. The normalized spacial score (nSPS) is 15.6. The lowest BCUT2D eigenvalue weighted by Crippen LogP contribution is -2.26. The standard InChI is InChI=1S/C9H18N4O2/c1-6(14-4)9-11-8(12-15-9)7(10)5-13(2)3/h6-7H,5,10H2,1-4H3. The number of rotatable bonds is 5. The highest BCUT2D eigenvalue weighted by Gasteiger charge is 2.18. The smallest absolute Gasteiger partial charge is 0.255 e. The molecule has 1 rings (SSSR count). The van der Waals surface area contributed by atoms with E-state index in [1.165, 1.54) is 0 Å². The summed E-state index contributed by atoms with van der Waals surface area (Å²) in [4.78, 5) is 6.15. The highest BCUT2D eigenvalue weighted by Crippen LogP contribution is 2.15. The van der Waals surface area contributed by atoms with E-state index in [9.17, 15) is 0 Å². The van der Waals surface area contributed by atoms with Gasteiger partial charge in [-0.25, -0.2) is 0 Å². The van der Waals surface area contributed by atoms with E-state index in [-0.39, 0.29) is 12.1 Å². The SMILES string of the molecule is COC(C)c1nc(C(N)CN(C)C)no1. The van der Waals surface area contributed by atoms with Crippen molar-refractivity contribution < 1.29 is 9.26 Å². The molecule has 6 nitrogen and oxygen atoms in total. The Morgan fingerprint density at radius 2 is 2.20 bits per heavy atom. The number of aromatic nitrogens is 2. The van der Waals surface area contributed by atoms with Crippen molar-refractivity contribution in [2.24, 2.45) is 5.73 Å². The zero-order valence-electron chi connectivity index (χ0n) is 9.60. The first-order valence-corrected chi connectivity index (χ1v) is 4.81. The van der Waals surface area contributed by atoms with Gasteiger partial charge in [-0.15, -0.1) is 0 Å². The van der Waals surface area contributed by atoms with Crippen LogP contribution in [0.2, 0.25) is 0 Å². The Hall–Kier alpha value is -0.980. The fourth-order valence-corrected chi connectivity index (χ4v) is 1.14. The third-order valence-electron chi connectivity index (χ3n) is 2.05. The zero-order chi connectivity index (χ0) is 11.4. The lowest BCUT2D eigenvalue weighted by atomic mass is 10.3. The summed E-state index contributed by atoms with van der Waals surface area (Å²) < 4.78 is 10.1. The summed E-state index contributed by atoms with van der Waals surface area (Å²) in [7, 11) is 5.48. The summed E-state index contributed by atoms with van der Waals surface area (Å²) in [6.45, 7) is 2.52. The number of likely N-dealkylation sites (N-methyl/N-ethyl adjacent to an activating group) is 1. The molecule has 15 heavy (non-hydrogen) atoms. The van der Waals surface area contributed by atoms with E-state index < -0.39 is 0 Å². The number of nitrogens with two attached hydrogens (primary N) is 1. The molecule has 0 aliphatic carbocycles. The van der Waals surface area contributed by atoms with Crippen molar-refractivity contribution in [2.75, 3.05) is 27.7 Å². The highest BCUT2D eigenvalue weighted by atomic mass is 16.5. The molecule has 0 aliphatic rings. The predicted molar refractivity (Wildman–Crippen MR) is 55.2 cm³/mol. The second-order valence-corrected chi connectivity index (χ2v) is 3.74. The number of hydrogen-bond acceptors (Lipinski definition) is 6. The van der Waals surface area contributed by atoms with Crippen LogP contribution in [0.3, 0.4) is 0 Å². The lowest BCUT2D eigenvalue weighted by Gasteiger charge is -2.12. The molecule has 0 amide bonds. The fourth-order valence-electron chi connectivity index (χ4n) is 1.14. The van der Waals surface area contributed by atoms with Crippen LogP contribution in [-0.2, 0) is 4.74 Å². The lowest BCUT2D eigenvalue weighted by molar-refractivity contribution is 0.0886. The van der Waals surface area contributed by atoms with Crippen LogP contribution in [0.4, 0.5) is 0 Å². The Balaban J connectivity index is 2.66. The van der Waals surface area contributed by atoms with E-state index in [1.54, 1.807) is 7.11 Å². The Morgan fingerprint density at radius 1 is 1.53 bits per heavy atom. The molecule has 0 aliphatic heterocycles. The molecular formula is C9H18N4O2. The molecule has 0 bridgehead atoms. The average Bonchev–Trinajstić information content (AvgIpc) is 2.64. The van der Waals surface area contributed by atoms with Crippen LogP contribution >= 0.6 is 0 Å². The zero-order valence-corrected chi connectivity index (χ0v) is 9.60. The molecular weight excluding hydrogens is 196 g/mol. The number of methoxy groups -OCH3 is 1. The van der Waals surface area contributed by atoms with Crippen LogP contribution in [0.25, 0.3) is 0 Å². The second-order valence-electron chi connectivity index (χ2n) is 3.74. The molecule has 1 aromatic rings. The van der Waals surface area contributed by atoms with Crippen LogP contribution in [0.5, 0.6) is 0 Å². The average molecular weight is 214 g/mol. The van der Waals surface area contributed by atoms with Gasteiger partial charge in [0.2, 0.25) is 0 Å². The molecule has 6 heteroatoms. The summed E-state index contributed by atoms with van der Waals surface area (Å²) in [6, 6.07) is -0.235. The number of nitrogens with zero attached hydrogens (tertiary/aromatic N) is 3. The quantitative estimate of drug-likeness (QED) is 0.761. The molecule has 0 fully saturated rings. The first-order valence-electron chi connectivity index (χ1n) is 4.81. The van der Waals surface area contributed by atoms with E-state index in [1.807, 2.05) is 25.9 Å². The van der Waals surface area contributed by atoms with Gasteiger partial charge >= 0.3 is 0 Å². The second kappa shape index (κ2) is 5.20. The van der Waals surface area contributed by atoms with Crippen molar-refractivity contribution in [1.82, 2.24) is 15.0 Å². The molecule has 0 aromatic carbocycles. The van der Waals surface area contributed by atoms with Gasteiger partial charge in [0.05, 0.1) is 6.04 Å². The van der Waals surface area contributed by atoms with Crippen molar-refractivity contribution >= 4 is 0 Å². The van der Waals surface area contributed by atoms with Crippen LogP contribution in [0.15, 0.2) is 4.52 Å². The van der Waals surface area contributed by atoms with Crippen LogP contribution in [-0.4, -0.2) is 42.8 Å². The Labute approximate surface area is 89.4 Å². The van der Waals surface area contributed by atoms with E-state index in [0.717, 1.165) is 0 Å². The summed E-state index contributed by atoms with van der Waals surface area (Å²) >= 11 is 0. The van der Waals surface area contributed by atoms with Gasteiger partial charge in [0.25, 0.3) is 5.89 Å². The minimum absolute atomic E-state index is 0.196. The van der Waals surface area contributed by atoms with Gasteiger partial charge in [0.15, 0.2) is 5.82 Å². The minimum Gasteiger partial charge on any atom is -0.372 e. The molecule has 0 saturated heterocycles. The largest absolute Gasteiger partial charge is 0.372 e. The van der Waals surface area contributed by atoms with E-state index >= 15 is 0 Å². The van der Waals surface area contributed by atoms with Gasteiger partial charge in [-0.2, -0.15) is 4.98 Å². The fraction of sp³-hybridized carbons (Fsp3) is 0.778. The molecule has 0 saturated carbocycles. The first kappa shape index (κ1) is 12.1. The number of ether oxygens (including phenoxy) is 1. The van der Waals surface area contributed by atoms with E-state index in [0.29, 0.717) is 18.3 Å². The number of hydrogen-bond donors (Lipinski definition) is 1. The topological polar surface area (TPSA) is 77.4 Å². The van der Waals surface area contributed by atoms with Gasteiger partial charge < -0.3 is 19.9 Å². The summed E-state index contributed by atoms with van der Waals surface area (Å²) in [5.41, 5.74) is 5.88. The van der Waals surface area contributed by atoms with Crippen LogP contribution in [0.1, 0.15) is 30.8 Å². The molecule has 2 unspecified atom stereocenters. The van der Waals surface area contributed by atoms with Crippen LogP contribution in [0, 0.1) is 0 Å². The Morgan fingerprint density at radius 3 is 2.73 bits per heavy atom. The van der Waals surface area contributed by atoms with Crippen molar-refractivity contribution in [1.29, 1.82) is 0 Å².